The molecule has 0 spiro atoms. The molecule has 0 radical (unpaired) electrons. The molecule has 1 aromatic rings. The molecule has 1 saturated heterocycles. The van der Waals surface area contributed by atoms with Crippen molar-refractivity contribution >= 4 is 0 Å². The number of aromatic nitrogens is 2. The molecule has 1 aliphatic heterocycles. The van der Waals surface area contributed by atoms with E-state index >= 15 is 0 Å². The van der Waals surface area contributed by atoms with Crippen LogP contribution in [0.15, 0.2) is 6.20 Å². The molecule has 4 heteroatoms. The predicted molar refractivity (Wildman–Crippen MR) is 51.9 cm³/mol. The minimum Gasteiger partial charge on any atom is -0.394 e. The summed E-state index contributed by atoms with van der Waals surface area (Å²) in [5, 5.41) is 13.2. The first-order valence-electron chi connectivity index (χ1n) is 4.97. The Morgan fingerprint density at radius 2 is 2.43 bits per heavy atom. The van der Waals surface area contributed by atoms with Crippen molar-refractivity contribution in [2.45, 2.75) is 32.0 Å². The highest BCUT2D eigenvalue weighted by Crippen LogP contribution is 2.33. The second-order valence-electron chi connectivity index (χ2n) is 3.84. The van der Waals surface area contributed by atoms with Gasteiger partial charge in [-0.15, -0.1) is 0 Å². The molecule has 1 aliphatic rings. The van der Waals surface area contributed by atoms with Gasteiger partial charge < -0.3 is 9.84 Å². The summed E-state index contributed by atoms with van der Waals surface area (Å²) in [5.41, 5.74) is 2.30. The van der Waals surface area contributed by atoms with E-state index in [1.54, 1.807) is 0 Å². The van der Waals surface area contributed by atoms with Gasteiger partial charge in [0.1, 0.15) is 0 Å². The van der Waals surface area contributed by atoms with Crippen molar-refractivity contribution in [2.24, 2.45) is 7.05 Å². The Morgan fingerprint density at radius 3 is 2.93 bits per heavy atom. The lowest BCUT2D eigenvalue weighted by atomic mass is 10.1. The van der Waals surface area contributed by atoms with Gasteiger partial charge in [0, 0.05) is 7.05 Å². The average Bonchev–Trinajstić information content (AvgIpc) is 2.73. The van der Waals surface area contributed by atoms with E-state index in [2.05, 4.69) is 5.10 Å². The highest BCUT2D eigenvalue weighted by Gasteiger charge is 2.28. The average molecular weight is 196 g/mol. The maximum atomic E-state index is 8.97. The number of hydrogen-bond donors (Lipinski definition) is 1. The van der Waals surface area contributed by atoms with Crippen LogP contribution < -0.4 is 0 Å². The lowest BCUT2D eigenvalue weighted by Gasteiger charge is -2.13. The number of aryl methyl sites for hydroxylation is 2. The summed E-state index contributed by atoms with van der Waals surface area (Å²) in [4.78, 5) is 0. The fourth-order valence-electron chi connectivity index (χ4n) is 2.06. The van der Waals surface area contributed by atoms with Crippen LogP contribution in [0.2, 0.25) is 0 Å². The molecule has 78 valence electrons. The maximum absolute atomic E-state index is 8.97. The number of rotatable bonds is 2. The number of aliphatic hydroxyl groups is 1. The topological polar surface area (TPSA) is 47.3 Å². The van der Waals surface area contributed by atoms with Crippen molar-refractivity contribution in [3.63, 3.8) is 0 Å². The Morgan fingerprint density at radius 1 is 1.64 bits per heavy atom. The van der Waals surface area contributed by atoms with E-state index in [0.29, 0.717) is 0 Å². The van der Waals surface area contributed by atoms with E-state index in [1.807, 2.05) is 24.9 Å². The van der Waals surface area contributed by atoms with Gasteiger partial charge in [0.15, 0.2) is 0 Å². The van der Waals surface area contributed by atoms with Gasteiger partial charge in [0.2, 0.25) is 0 Å². The molecule has 0 saturated carbocycles. The number of aliphatic hydroxyl groups excluding tert-OH is 1. The van der Waals surface area contributed by atoms with Gasteiger partial charge in [0.05, 0.1) is 30.7 Å². The highest BCUT2D eigenvalue weighted by molar-refractivity contribution is 5.18. The van der Waals surface area contributed by atoms with Crippen LogP contribution in [-0.4, -0.2) is 27.6 Å². The summed E-state index contributed by atoms with van der Waals surface area (Å²) in [6.07, 6.45) is 3.89. The molecule has 0 bridgehead atoms. The summed E-state index contributed by atoms with van der Waals surface area (Å²) in [6, 6.07) is 0. The SMILES string of the molecule is Cc1cnn(C)c1C1CCC(CO)O1. The van der Waals surface area contributed by atoms with Gasteiger partial charge in [-0.25, -0.2) is 0 Å². The normalized spacial score (nSPS) is 27.1. The minimum absolute atomic E-state index is 0.00861. The van der Waals surface area contributed by atoms with E-state index in [0.717, 1.165) is 24.1 Å². The zero-order valence-corrected chi connectivity index (χ0v) is 8.60. The highest BCUT2D eigenvalue weighted by atomic mass is 16.5. The van der Waals surface area contributed by atoms with E-state index in [4.69, 9.17) is 9.84 Å². The third-order valence-electron chi connectivity index (χ3n) is 2.79. The Labute approximate surface area is 83.5 Å². The van der Waals surface area contributed by atoms with Crippen LogP contribution in [0.4, 0.5) is 0 Å². The molecule has 0 aromatic carbocycles. The third-order valence-corrected chi connectivity index (χ3v) is 2.79. The Bertz CT molecular complexity index is 302. The maximum Gasteiger partial charge on any atom is 0.0999 e. The van der Waals surface area contributed by atoms with Crippen molar-refractivity contribution in [2.75, 3.05) is 6.61 Å². The fraction of sp³-hybridized carbons (Fsp3) is 0.700. The second kappa shape index (κ2) is 3.71. The largest absolute Gasteiger partial charge is 0.394 e. The Hall–Kier alpha value is -0.870. The lowest BCUT2D eigenvalue weighted by molar-refractivity contribution is 0.00748. The summed E-state index contributed by atoms with van der Waals surface area (Å²) < 4.78 is 7.57. The monoisotopic (exact) mass is 196 g/mol. The molecule has 2 heterocycles. The molecule has 2 rings (SSSR count). The van der Waals surface area contributed by atoms with Crippen LogP contribution in [0, 0.1) is 6.92 Å². The van der Waals surface area contributed by atoms with E-state index in [1.165, 1.54) is 0 Å². The molecule has 0 aliphatic carbocycles. The van der Waals surface area contributed by atoms with Gasteiger partial charge >= 0.3 is 0 Å². The lowest BCUT2D eigenvalue weighted by Crippen LogP contribution is -2.13. The summed E-state index contributed by atoms with van der Waals surface area (Å²) >= 11 is 0. The van der Waals surface area contributed by atoms with E-state index in [-0.39, 0.29) is 18.8 Å². The number of nitrogens with zero attached hydrogens (tertiary/aromatic N) is 2. The van der Waals surface area contributed by atoms with E-state index in [9.17, 15) is 0 Å². The Balaban J connectivity index is 2.17. The molecule has 1 N–H and O–H groups in total. The molecular formula is C10H16N2O2. The quantitative estimate of drug-likeness (QED) is 0.765. The molecule has 1 aromatic heterocycles. The first-order chi connectivity index (χ1) is 6.72. The molecule has 0 amide bonds. The fourth-order valence-corrected chi connectivity index (χ4v) is 2.06. The van der Waals surface area contributed by atoms with Crippen LogP contribution in [0.1, 0.15) is 30.2 Å². The number of hydrogen-bond acceptors (Lipinski definition) is 3. The van der Waals surface area contributed by atoms with Crippen molar-refractivity contribution in [3.05, 3.63) is 17.5 Å². The van der Waals surface area contributed by atoms with Gasteiger partial charge in [-0.2, -0.15) is 5.10 Å². The van der Waals surface area contributed by atoms with Gasteiger partial charge in [0.25, 0.3) is 0 Å². The van der Waals surface area contributed by atoms with E-state index < -0.39 is 0 Å². The van der Waals surface area contributed by atoms with Crippen LogP contribution >= 0.6 is 0 Å². The molecule has 2 atom stereocenters. The first kappa shape index (κ1) is 9.68. The van der Waals surface area contributed by atoms with Gasteiger partial charge in [-0.3, -0.25) is 4.68 Å². The third kappa shape index (κ3) is 1.55. The zero-order valence-electron chi connectivity index (χ0n) is 8.60. The predicted octanol–water partition coefficient (Wildman–Crippen LogP) is 0.941. The number of ether oxygens (including phenoxy) is 1. The van der Waals surface area contributed by atoms with Crippen LogP contribution in [0.25, 0.3) is 0 Å². The van der Waals surface area contributed by atoms with Crippen molar-refractivity contribution in [1.29, 1.82) is 0 Å². The van der Waals surface area contributed by atoms with Crippen LogP contribution in [-0.2, 0) is 11.8 Å². The Kier molecular flexibility index (Phi) is 2.56. The first-order valence-corrected chi connectivity index (χ1v) is 4.97. The molecule has 4 nitrogen and oxygen atoms in total. The minimum atomic E-state index is 0.00861. The molecule has 14 heavy (non-hydrogen) atoms. The van der Waals surface area contributed by atoms with Crippen LogP contribution in [0.5, 0.6) is 0 Å². The van der Waals surface area contributed by atoms with Crippen molar-refractivity contribution in [1.82, 2.24) is 9.78 Å². The summed E-state index contributed by atoms with van der Waals surface area (Å²) in [6.45, 7) is 2.16. The van der Waals surface area contributed by atoms with Crippen LogP contribution in [0.3, 0.4) is 0 Å². The smallest absolute Gasteiger partial charge is 0.0999 e. The summed E-state index contributed by atoms with van der Waals surface area (Å²) in [5.74, 6) is 0. The zero-order chi connectivity index (χ0) is 10.1. The molecular weight excluding hydrogens is 180 g/mol. The van der Waals surface area contributed by atoms with Crippen molar-refractivity contribution in [3.8, 4) is 0 Å². The standard InChI is InChI=1S/C10H16N2O2/c1-7-5-11-12(2)10(7)9-4-3-8(6-13)14-9/h5,8-9,13H,3-4,6H2,1-2H3. The summed E-state index contributed by atoms with van der Waals surface area (Å²) in [7, 11) is 1.93. The van der Waals surface area contributed by atoms with Gasteiger partial charge in [-0.05, 0) is 25.3 Å². The molecule has 1 fully saturated rings. The molecule has 2 unspecified atom stereocenters. The second-order valence-corrected chi connectivity index (χ2v) is 3.84. The van der Waals surface area contributed by atoms with Gasteiger partial charge in [-0.1, -0.05) is 0 Å². The van der Waals surface area contributed by atoms with Crippen molar-refractivity contribution < 1.29 is 9.84 Å².